The van der Waals surface area contributed by atoms with Gasteiger partial charge in [-0.25, -0.2) is 0 Å². The molecule has 0 aliphatic carbocycles. The second-order valence-electron chi connectivity index (χ2n) is 16.2. The first kappa shape index (κ1) is 53.4. The van der Waals surface area contributed by atoms with Crippen LogP contribution in [0.15, 0.2) is 0 Å². The van der Waals surface area contributed by atoms with E-state index in [1.54, 1.807) is 0 Å². The van der Waals surface area contributed by atoms with Gasteiger partial charge in [0.05, 0.1) is 33.0 Å². The van der Waals surface area contributed by atoms with Crippen molar-refractivity contribution in [2.75, 3.05) is 33.0 Å². The highest BCUT2D eigenvalue weighted by Crippen LogP contribution is 2.34. The van der Waals surface area contributed by atoms with Crippen LogP contribution < -0.4 is 16.0 Å². The van der Waals surface area contributed by atoms with Gasteiger partial charge in [0.2, 0.25) is 17.7 Å². The van der Waals surface area contributed by atoms with Gasteiger partial charge in [0, 0.05) is 20.8 Å². The van der Waals surface area contributed by atoms with Crippen molar-refractivity contribution in [1.82, 2.24) is 16.0 Å². The maximum Gasteiger partial charge on any atom is 0.217 e. The monoisotopic (exact) mass is 951 g/mol. The number of nitrogens with one attached hydrogen (secondary N) is 3. The van der Waals surface area contributed by atoms with Crippen LogP contribution in [-0.2, 0) is 57.0 Å². The van der Waals surface area contributed by atoms with Crippen LogP contribution in [0.4, 0.5) is 0 Å². The van der Waals surface area contributed by atoms with E-state index in [0.717, 1.165) is 20.8 Å². The Bertz CT molecular complexity index is 1550. The third kappa shape index (κ3) is 12.0. The molecule has 0 aromatic carbocycles. The van der Waals surface area contributed by atoms with Gasteiger partial charge in [-0.3, -0.25) is 14.4 Å². The lowest BCUT2D eigenvalue weighted by Crippen LogP contribution is -2.69. The van der Waals surface area contributed by atoms with Gasteiger partial charge in [0.25, 0.3) is 0 Å². The fourth-order valence-electron chi connectivity index (χ4n) is 8.14. The van der Waals surface area contributed by atoms with Crippen LogP contribution in [0, 0.1) is 0 Å². The molecule has 0 saturated carbocycles. The van der Waals surface area contributed by atoms with E-state index in [9.17, 15) is 85.9 Å². The zero-order valence-corrected chi connectivity index (χ0v) is 35.1. The molecule has 5 saturated heterocycles. The molecule has 5 aliphatic heterocycles. The molecule has 0 aromatic rings. The van der Waals surface area contributed by atoms with Crippen LogP contribution in [0.2, 0.25) is 0 Å². The molecule has 5 rings (SSSR count). The Labute approximate surface area is 369 Å². The molecule has 5 heterocycles. The third-order valence-electron chi connectivity index (χ3n) is 11.5. The predicted octanol–water partition coefficient (Wildman–Crippen LogP) is -11.5. The van der Waals surface area contributed by atoms with E-state index >= 15 is 0 Å². The van der Waals surface area contributed by atoms with Crippen LogP contribution in [-0.4, -0.2) is 276 Å². The molecule has 17 N–H and O–H groups in total. The normalized spacial score (nSPS) is 47.1. The second kappa shape index (κ2) is 23.2. The van der Waals surface area contributed by atoms with Gasteiger partial charge in [0.1, 0.15) is 122 Å². The summed E-state index contributed by atoms with van der Waals surface area (Å²) in [7, 11) is 0. The number of ether oxygens (including phenoxy) is 9. The zero-order chi connectivity index (χ0) is 48.2. The van der Waals surface area contributed by atoms with Crippen LogP contribution in [0.25, 0.3) is 0 Å². The standard InChI is InChI=1S/C36H61N3O26/c1-9(44)37-17-23(50)20(47)12(4-40)59-34(17)63-30-15(7-43)62-36(28(55)26(30)53)65-31-19(39-11(3)46)32(56)58-16(22(31)49)8-57-33-18(38-10(2)45)24(51)29(14(6-42)61-33)64-35-27(54)25(52)21(48)13(5-41)60-35/h12-36,40-43,47-56H,4-8H2,1-3H3,(H,37,44)(H,38,45)(H,39,46)/t12-,13-,14-,15-,16-,17-,18-,19-,20-,21+,22+,23-,24-,25+,26-,27-,28-,29-,30+,31-,32+,33-,34-,35+,36+/m1/s1. The number of hydrogen-bond acceptors (Lipinski definition) is 26. The molecule has 29 heteroatoms. The summed E-state index contributed by atoms with van der Waals surface area (Å²) in [6, 6.07) is -4.70. The average Bonchev–Trinajstić information content (AvgIpc) is 3.26. The molecule has 25 atom stereocenters. The van der Waals surface area contributed by atoms with Crippen molar-refractivity contribution in [3.8, 4) is 0 Å². The number of carbonyl (C=O) groups excluding carboxylic acids is 3. The summed E-state index contributed by atoms with van der Waals surface area (Å²) in [6.45, 7) is -1.11. The first-order valence-corrected chi connectivity index (χ1v) is 20.6. The SMILES string of the molecule is CC(=O)N[C@@H]1[C@@H](O[C@@H]2O[C@H](CO)[C@H](O[C@H]3O[C@H](CO)[C@@H](O)[C@H](O)[C@H]3NC(C)=O)[C@H](O)[C@H]2O)[C@@H](O)[C@@H](CO[C@@H]2O[C@H](CO)[C@@H](O[C@@H]3O[C@H](CO)[C@H](O)[C@H](O)[C@H]3O)[C@H](O)[C@H]2NC(C)=O)O[C@@H]1O. The van der Waals surface area contributed by atoms with Crippen LogP contribution in [0.1, 0.15) is 20.8 Å². The lowest BCUT2D eigenvalue weighted by atomic mass is 9.94. The first-order valence-electron chi connectivity index (χ1n) is 20.6. The van der Waals surface area contributed by atoms with Gasteiger partial charge in [-0.2, -0.15) is 0 Å². The van der Waals surface area contributed by atoms with Gasteiger partial charge in [-0.1, -0.05) is 0 Å². The summed E-state index contributed by atoms with van der Waals surface area (Å²) in [5, 5.41) is 155. The molecule has 0 radical (unpaired) electrons. The largest absolute Gasteiger partial charge is 0.394 e. The topological polar surface area (TPSA) is 454 Å². The zero-order valence-electron chi connectivity index (χ0n) is 35.1. The lowest BCUT2D eigenvalue weighted by Gasteiger charge is -2.49. The number of hydrogen-bond donors (Lipinski definition) is 17. The molecular weight excluding hydrogens is 890 g/mol. The van der Waals surface area contributed by atoms with Crippen molar-refractivity contribution in [2.45, 2.75) is 174 Å². The summed E-state index contributed by atoms with van der Waals surface area (Å²) >= 11 is 0. The van der Waals surface area contributed by atoms with Crippen molar-refractivity contribution in [2.24, 2.45) is 0 Å². The minimum atomic E-state index is -2.13. The Morgan fingerprint density at radius 1 is 0.400 bits per heavy atom. The molecule has 376 valence electrons. The molecule has 0 aromatic heterocycles. The van der Waals surface area contributed by atoms with Crippen molar-refractivity contribution < 1.29 is 129 Å². The fraction of sp³-hybridized carbons (Fsp3) is 0.917. The number of amides is 3. The van der Waals surface area contributed by atoms with Crippen molar-refractivity contribution in [3.05, 3.63) is 0 Å². The van der Waals surface area contributed by atoms with E-state index in [-0.39, 0.29) is 0 Å². The Kier molecular flexibility index (Phi) is 19.1. The van der Waals surface area contributed by atoms with Gasteiger partial charge < -0.3 is 130 Å². The highest BCUT2D eigenvalue weighted by atomic mass is 16.8. The smallest absolute Gasteiger partial charge is 0.217 e. The highest BCUT2D eigenvalue weighted by molar-refractivity contribution is 5.74. The Morgan fingerprint density at radius 3 is 1.32 bits per heavy atom. The van der Waals surface area contributed by atoms with Crippen LogP contribution in [0.5, 0.6) is 0 Å². The van der Waals surface area contributed by atoms with Gasteiger partial charge in [0.15, 0.2) is 31.5 Å². The predicted molar refractivity (Wildman–Crippen MR) is 201 cm³/mol. The maximum atomic E-state index is 12.3. The minimum Gasteiger partial charge on any atom is -0.394 e. The van der Waals surface area contributed by atoms with Crippen molar-refractivity contribution >= 4 is 17.7 Å². The molecule has 0 spiro atoms. The summed E-state index contributed by atoms with van der Waals surface area (Å²) in [5.74, 6) is -2.22. The molecule has 65 heavy (non-hydrogen) atoms. The van der Waals surface area contributed by atoms with Gasteiger partial charge >= 0.3 is 0 Å². The Balaban J connectivity index is 1.31. The summed E-state index contributed by atoms with van der Waals surface area (Å²) < 4.78 is 51.1. The Hall–Kier alpha value is -2.51. The third-order valence-corrected chi connectivity index (χ3v) is 11.5. The van der Waals surface area contributed by atoms with Gasteiger partial charge in [-0.15, -0.1) is 0 Å². The van der Waals surface area contributed by atoms with E-state index in [2.05, 4.69) is 16.0 Å². The first-order chi connectivity index (χ1) is 30.7. The second-order valence-corrected chi connectivity index (χ2v) is 16.2. The number of carbonyl (C=O) groups is 3. The number of aliphatic hydroxyl groups is 14. The van der Waals surface area contributed by atoms with Crippen LogP contribution >= 0.6 is 0 Å². The van der Waals surface area contributed by atoms with Crippen molar-refractivity contribution in [1.29, 1.82) is 0 Å². The van der Waals surface area contributed by atoms with E-state index in [4.69, 9.17) is 42.6 Å². The number of aliphatic hydroxyl groups excluding tert-OH is 14. The summed E-state index contributed by atoms with van der Waals surface area (Å²) in [4.78, 5) is 36.4. The lowest BCUT2D eigenvalue weighted by molar-refractivity contribution is -0.367. The molecule has 5 aliphatic rings. The van der Waals surface area contributed by atoms with E-state index < -0.39 is 204 Å². The van der Waals surface area contributed by atoms with Crippen LogP contribution in [0.3, 0.4) is 0 Å². The molecule has 29 nitrogen and oxygen atoms in total. The maximum absolute atomic E-state index is 12.3. The molecular formula is C36H61N3O26. The molecule has 5 fully saturated rings. The van der Waals surface area contributed by atoms with E-state index in [1.165, 1.54) is 0 Å². The van der Waals surface area contributed by atoms with E-state index in [1.807, 2.05) is 0 Å². The molecule has 0 bridgehead atoms. The molecule has 3 amide bonds. The quantitative estimate of drug-likeness (QED) is 0.0683. The number of rotatable bonds is 16. The van der Waals surface area contributed by atoms with Gasteiger partial charge in [-0.05, 0) is 0 Å². The minimum absolute atomic E-state index is 0.706. The average molecular weight is 952 g/mol. The summed E-state index contributed by atoms with van der Waals surface area (Å²) in [5.41, 5.74) is 0. The van der Waals surface area contributed by atoms with Crippen molar-refractivity contribution in [3.63, 3.8) is 0 Å². The van der Waals surface area contributed by atoms with E-state index in [0.29, 0.717) is 0 Å². The Morgan fingerprint density at radius 2 is 0.800 bits per heavy atom. The highest BCUT2D eigenvalue weighted by Gasteiger charge is 2.56. The summed E-state index contributed by atoms with van der Waals surface area (Å²) in [6.07, 6.45) is -39.1. The molecule has 0 unspecified atom stereocenters. The fourth-order valence-corrected chi connectivity index (χ4v) is 8.14.